The molecule has 0 fully saturated rings. The van der Waals surface area contributed by atoms with Crippen LogP contribution >= 0.6 is 0 Å². The third-order valence-electron chi connectivity index (χ3n) is 2.87. The summed E-state index contributed by atoms with van der Waals surface area (Å²) >= 11 is 0. The lowest BCUT2D eigenvalue weighted by atomic mass is 10.1. The minimum atomic E-state index is -1.05. The summed E-state index contributed by atoms with van der Waals surface area (Å²) in [5.74, 6) is -1.44. The Labute approximate surface area is 112 Å². The highest BCUT2D eigenvalue weighted by atomic mass is 19.1. The molecule has 0 aromatic heterocycles. The summed E-state index contributed by atoms with van der Waals surface area (Å²) in [6.07, 6.45) is 3.78. The molecule has 0 saturated heterocycles. The molecule has 0 atom stereocenters. The molecule has 0 spiro atoms. The molecule has 0 amide bonds. The van der Waals surface area contributed by atoms with Crippen LogP contribution in [0.3, 0.4) is 0 Å². The van der Waals surface area contributed by atoms with E-state index in [1.807, 2.05) is 0 Å². The Morgan fingerprint density at radius 3 is 2.63 bits per heavy atom. The highest BCUT2D eigenvalue weighted by Crippen LogP contribution is 2.10. The van der Waals surface area contributed by atoms with E-state index in [4.69, 9.17) is 10.2 Å². The van der Waals surface area contributed by atoms with E-state index in [1.165, 1.54) is 18.2 Å². The first-order valence-corrected chi connectivity index (χ1v) is 6.48. The van der Waals surface area contributed by atoms with Crippen molar-refractivity contribution in [1.29, 1.82) is 0 Å². The number of carbonyl (C=O) groups is 1. The molecule has 0 unspecified atom stereocenters. The lowest BCUT2D eigenvalue weighted by Crippen LogP contribution is -2.16. The minimum Gasteiger partial charge on any atom is -0.478 e. The van der Waals surface area contributed by atoms with Crippen LogP contribution in [0.1, 0.15) is 41.6 Å². The van der Waals surface area contributed by atoms with Crippen molar-refractivity contribution in [2.75, 3.05) is 13.2 Å². The summed E-state index contributed by atoms with van der Waals surface area (Å²) in [6, 6.07) is 3.80. The topological polar surface area (TPSA) is 69.6 Å². The second kappa shape index (κ2) is 8.61. The number of carboxylic acid groups (broad SMARTS) is 1. The maximum atomic E-state index is 13.4. The number of unbranched alkanes of at least 4 members (excludes halogenated alkanes) is 3. The van der Waals surface area contributed by atoms with Crippen LogP contribution in [0.5, 0.6) is 0 Å². The van der Waals surface area contributed by atoms with Crippen molar-refractivity contribution in [2.24, 2.45) is 0 Å². The van der Waals surface area contributed by atoms with Crippen molar-refractivity contribution >= 4 is 5.97 Å². The number of halogens is 1. The van der Waals surface area contributed by atoms with Crippen molar-refractivity contribution in [3.8, 4) is 0 Å². The Hall–Kier alpha value is -1.46. The average Bonchev–Trinajstić information content (AvgIpc) is 2.39. The molecule has 4 nitrogen and oxygen atoms in total. The van der Waals surface area contributed by atoms with Crippen LogP contribution in [0.25, 0.3) is 0 Å². The Kier molecular flexibility index (Phi) is 7.07. The van der Waals surface area contributed by atoms with Crippen LogP contribution in [0.2, 0.25) is 0 Å². The van der Waals surface area contributed by atoms with Crippen LogP contribution < -0.4 is 5.32 Å². The molecule has 106 valence electrons. The van der Waals surface area contributed by atoms with E-state index in [0.717, 1.165) is 32.2 Å². The van der Waals surface area contributed by atoms with Crippen molar-refractivity contribution in [3.63, 3.8) is 0 Å². The summed E-state index contributed by atoms with van der Waals surface area (Å²) in [7, 11) is 0. The van der Waals surface area contributed by atoms with Crippen LogP contribution in [0.4, 0.5) is 4.39 Å². The van der Waals surface area contributed by atoms with Crippen molar-refractivity contribution in [2.45, 2.75) is 32.2 Å². The summed E-state index contributed by atoms with van der Waals surface area (Å²) < 4.78 is 13.4. The number of aliphatic hydroxyl groups excluding tert-OH is 1. The molecule has 19 heavy (non-hydrogen) atoms. The monoisotopic (exact) mass is 269 g/mol. The number of rotatable bonds is 9. The van der Waals surface area contributed by atoms with E-state index in [2.05, 4.69) is 5.32 Å². The maximum absolute atomic E-state index is 13.4. The van der Waals surface area contributed by atoms with Gasteiger partial charge in [-0.2, -0.15) is 0 Å². The van der Waals surface area contributed by atoms with Gasteiger partial charge in [0.05, 0.1) is 5.56 Å². The second-order valence-electron chi connectivity index (χ2n) is 4.43. The third-order valence-corrected chi connectivity index (χ3v) is 2.87. The first-order valence-electron chi connectivity index (χ1n) is 6.48. The Bertz CT molecular complexity index is 410. The van der Waals surface area contributed by atoms with E-state index < -0.39 is 11.8 Å². The number of carboxylic acids is 1. The lowest BCUT2D eigenvalue weighted by Gasteiger charge is -2.07. The standard InChI is InChI=1S/C14H20FNO3/c15-13-6-5-11(14(18)19)9-12(13)10-16-7-3-1-2-4-8-17/h5-6,9,16-17H,1-4,7-8,10H2,(H,18,19). The molecular weight excluding hydrogens is 249 g/mol. The van der Waals surface area contributed by atoms with Gasteiger partial charge in [-0.15, -0.1) is 0 Å². The van der Waals surface area contributed by atoms with E-state index >= 15 is 0 Å². The molecule has 0 radical (unpaired) electrons. The highest BCUT2D eigenvalue weighted by molar-refractivity contribution is 5.87. The van der Waals surface area contributed by atoms with Gasteiger partial charge in [0.15, 0.2) is 0 Å². The minimum absolute atomic E-state index is 0.0983. The van der Waals surface area contributed by atoms with E-state index in [-0.39, 0.29) is 12.2 Å². The molecule has 0 heterocycles. The summed E-state index contributed by atoms with van der Waals surface area (Å²) in [5, 5.41) is 20.5. The number of aromatic carboxylic acids is 1. The van der Waals surface area contributed by atoms with Gasteiger partial charge >= 0.3 is 5.97 Å². The number of nitrogens with one attached hydrogen (secondary N) is 1. The normalized spacial score (nSPS) is 10.6. The Morgan fingerprint density at radius 1 is 1.21 bits per heavy atom. The molecule has 0 saturated carbocycles. The molecule has 1 aromatic rings. The Morgan fingerprint density at radius 2 is 1.95 bits per heavy atom. The van der Waals surface area contributed by atoms with Gasteiger partial charge in [-0.05, 0) is 37.6 Å². The molecule has 5 heteroatoms. The van der Waals surface area contributed by atoms with Gasteiger partial charge in [0.1, 0.15) is 5.82 Å². The third kappa shape index (κ3) is 5.81. The smallest absolute Gasteiger partial charge is 0.335 e. The van der Waals surface area contributed by atoms with E-state index in [9.17, 15) is 9.18 Å². The van der Waals surface area contributed by atoms with Crippen molar-refractivity contribution < 1.29 is 19.4 Å². The molecule has 0 bridgehead atoms. The molecule has 0 aliphatic heterocycles. The molecular formula is C14H20FNO3. The highest BCUT2D eigenvalue weighted by Gasteiger charge is 2.07. The van der Waals surface area contributed by atoms with Gasteiger partial charge in [0.2, 0.25) is 0 Å². The predicted octanol–water partition coefficient (Wildman–Crippen LogP) is 2.17. The number of aliphatic hydroxyl groups is 1. The Balaban J connectivity index is 2.32. The first kappa shape index (κ1) is 15.6. The average molecular weight is 269 g/mol. The maximum Gasteiger partial charge on any atom is 0.335 e. The number of benzene rings is 1. The van der Waals surface area contributed by atoms with Crippen LogP contribution in [0, 0.1) is 5.82 Å². The van der Waals surface area contributed by atoms with Crippen LogP contribution in [-0.2, 0) is 6.54 Å². The molecule has 3 N–H and O–H groups in total. The second-order valence-corrected chi connectivity index (χ2v) is 4.43. The zero-order valence-corrected chi connectivity index (χ0v) is 10.9. The first-order chi connectivity index (χ1) is 9.15. The molecule has 0 aliphatic carbocycles. The fourth-order valence-corrected chi connectivity index (χ4v) is 1.78. The van der Waals surface area contributed by atoms with Gasteiger partial charge in [-0.25, -0.2) is 9.18 Å². The summed E-state index contributed by atoms with van der Waals surface area (Å²) in [6.45, 7) is 1.30. The van der Waals surface area contributed by atoms with Crippen LogP contribution in [-0.4, -0.2) is 29.3 Å². The van der Waals surface area contributed by atoms with E-state index in [0.29, 0.717) is 12.1 Å². The van der Waals surface area contributed by atoms with Gasteiger partial charge in [-0.1, -0.05) is 12.8 Å². The van der Waals surface area contributed by atoms with Crippen molar-refractivity contribution in [1.82, 2.24) is 5.32 Å². The van der Waals surface area contributed by atoms with Gasteiger partial charge in [0, 0.05) is 18.7 Å². The van der Waals surface area contributed by atoms with Gasteiger partial charge in [0.25, 0.3) is 0 Å². The molecule has 0 aliphatic rings. The zero-order chi connectivity index (χ0) is 14.1. The number of hydrogen-bond acceptors (Lipinski definition) is 3. The fraction of sp³-hybridized carbons (Fsp3) is 0.500. The summed E-state index contributed by atoms with van der Waals surface area (Å²) in [4.78, 5) is 10.8. The van der Waals surface area contributed by atoms with Gasteiger partial charge in [-0.3, -0.25) is 0 Å². The largest absolute Gasteiger partial charge is 0.478 e. The zero-order valence-electron chi connectivity index (χ0n) is 10.9. The van der Waals surface area contributed by atoms with E-state index in [1.54, 1.807) is 0 Å². The molecule has 1 aromatic carbocycles. The number of hydrogen-bond donors (Lipinski definition) is 3. The lowest BCUT2D eigenvalue weighted by molar-refractivity contribution is 0.0696. The van der Waals surface area contributed by atoms with Crippen molar-refractivity contribution in [3.05, 3.63) is 35.1 Å². The predicted molar refractivity (Wildman–Crippen MR) is 70.6 cm³/mol. The SMILES string of the molecule is O=C(O)c1ccc(F)c(CNCCCCCCO)c1. The van der Waals surface area contributed by atoms with Crippen LogP contribution in [0.15, 0.2) is 18.2 Å². The quantitative estimate of drug-likeness (QED) is 0.601. The van der Waals surface area contributed by atoms with Gasteiger partial charge < -0.3 is 15.5 Å². The molecule has 1 rings (SSSR count). The summed E-state index contributed by atoms with van der Waals surface area (Å²) in [5.41, 5.74) is 0.469. The fourth-order valence-electron chi connectivity index (χ4n) is 1.78.